The Labute approximate surface area is 149 Å². The first-order valence-corrected chi connectivity index (χ1v) is 9.91. The van der Waals surface area contributed by atoms with Crippen molar-refractivity contribution < 1.29 is 8.63 Å². The monoisotopic (exact) mass is 365 g/mol. The molecule has 1 heterocycles. The van der Waals surface area contributed by atoms with Gasteiger partial charge in [0, 0.05) is 11.6 Å². The molecular weight excluding hydrogens is 342 g/mol. The Morgan fingerprint density at radius 1 is 1.29 bits per heavy atom. The number of hydrogen-bond acceptors (Lipinski definition) is 4. The largest absolute Gasteiger partial charge is 0.449 e. The Morgan fingerprint density at radius 2 is 1.96 bits per heavy atom. The highest BCUT2D eigenvalue weighted by Crippen LogP contribution is 2.26. The maximum atomic E-state index is 12.4. The van der Waals surface area contributed by atoms with E-state index in [4.69, 9.17) is 4.42 Å². The van der Waals surface area contributed by atoms with Gasteiger partial charge in [-0.05, 0) is 58.1 Å². The highest BCUT2D eigenvalue weighted by Gasteiger charge is 2.20. The Kier molecular flexibility index (Phi) is 5.71. The molecule has 0 N–H and O–H groups in total. The van der Waals surface area contributed by atoms with Crippen LogP contribution in [0.15, 0.2) is 36.9 Å². The van der Waals surface area contributed by atoms with Crippen LogP contribution < -0.4 is 5.43 Å². The minimum Gasteiger partial charge on any atom is -0.449 e. The van der Waals surface area contributed by atoms with Crippen LogP contribution in [0, 0.1) is 6.92 Å². The lowest BCUT2D eigenvalue weighted by atomic mass is 10.0. The molecule has 2 rings (SSSR count). The minimum atomic E-state index is -1.37. The van der Waals surface area contributed by atoms with Crippen molar-refractivity contribution in [2.45, 2.75) is 51.4 Å². The normalized spacial score (nSPS) is 14.2. The van der Waals surface area contributed by atoms with Gasteiger partial charge in [0.1, 0.15) is 16.6 Å². The van der Waals surface area contributed by atoms with Crippen LogP contribution >= 0.6 is 11.8 Å². The van der Waals surface area contributed by atoms with Crippen molar-refractivity contribution in [1.29, 1.82) is 0 Å². The second kappa shape index (κ2) is 7.23. The molecule has 0 aliphatic heterocycles. The lowest BCUT2D eigenvalue weighted by Gasteiger charge is -2.15. The molecule has 130 valence electrons. The highest BCUT2D eigenvalue weighted by molar-refractivity contribution is 7.99. The van der Waals surface area contributed by atoms with Gasteiger partial charge in [0.25, 0.3) is 0 Å². The first-order valence-electron chi connectivity index (χ1n) is 7.82. The number of benzene rings is 1. The maximum absolute atomic E-state index is 12.4. The Morgan fingerprint density at radius 3 is 2.54 bits per heavy atom. The van der Waals surface area contributed by atoms with Gasteiger partial charge in [0.15, 0.2) is 10.5 Å². The molecule has 1 aromatic carbocycles. The van der Waals surface area contributed by atoms with E-state index >= 15 is 0 Å². The van der Waals surface area contributed by atoms with Crippen molar-refractivity contribution in [1.82, 2.24) is 0 Å². The predicted octanol–water partition coefficient (Wildman–Crippen LogP) is 4.48. The number of fused-ring (bicyclic) bond motifs is 1. The molecule has 0 bridgehead atoms. The van der Waals surface area contributed by atoms with Crippen LogP contribution in [-0.2, 0) is 11.0 Å². The Bertz CT molecular complexity index is 876. The second-order valence-corrected chi connectivity index (χ2v) is 9.76. The fraction of sp³-hybridized carbons (Fsp3) is 0.444. The van der Waals surface area contributed by atoms with Crippen molar-refractivity contribution in [3.63, 3.8) is 0 Å². The number of aryl methyl sites for hydroxylation is 1. The fourth-order valence-electron chi connectivity index (χ4n) is 2.17. The molecule has 1 aromatic heterocycles. The van der Waals surface area contributed by atoms with E-state index in [1.807, 2.05) is 46.8 Å². The number of thioether (sulfide) groups is 1. The third-order valence-corrected chi connectivity index (χ3v) is 5.63. The molecule has 4 nitrogen and oxygen atoms in total. The van der Waals surface area contributed by atoms with E-state index in [1.54, 1.807) is 6.92 Å². The molecule has 0 spiro atoms. The molecule has 24 heavy (non-hydrogen) atoms. The summed E-state index contributed by atoms with van der Waals surface area (Å²) in [5, 5.41) is 1.12. The smallest absolute Gasteiger partial charge is 0.193 e. The quantitative estimate of drug-likeness (QED) is 0.592. The summed E-state index contributed by atoms with van der Waals surface area (Å²) in [6.45, 7) is 11.4. The highest BCUT2D eigenvalue weighted by atomic mass is 32.2. The van der Waals surface area contributed by atoms with E-state index in [0.29, 0.717) is 21.8 Å². The molecule has 0 saturated heterocycles. The first-order chi connectivity index (χ1) is 11.1. The molecular formula is C18H23NO3S2. The lowest BCUT2D eigenvalue weighted by molar-refractivity contribution is 0.499. The number of rotatable bonds is 4. The second-order valence-electron chi connectivity index (χ2n) is 6.59. The molecule has 0 amide bonds. The SMILES string of the molecule is CCSc1cc(=O)c2cc(C)cc(C(C)=N[S@](=O)C(C)(C)C)c2o1. The zero-order valence-corrected chi connectivity index (χ0v) is 16.6. The molecule has 2 aromatic rings. The van der Waals surface area contributed by atoms with Crippen LogP contribution in [0.4, 0.5) is 0 Å². The Hall–Kier alpha value is -1.40. The van der Waals surface area contributed by atoms with Gasteiger partial charge in [-0.3, -0.25) is 4.79 Å². The molecule has 0 aliphatic carbocycles. The van der Waals surface area contributed by atoms with Crippen molar-refractivity contribution in [3.05, 3.63) is 39.5 Å². The zero-order chi connectivity index (χ0) is 18.1. The first kappa shape index (κ1) is 18.9. The molecule has 0 saturated carbocycles. The summed E-state index contributed by atoms with van der Waals surface area (Å²) >= 11 is 1.48. The van der Waals surface area contributed by atoms with Crippen LogP contribution in [-0.4, -0.2) is 20.4 Å². The summed E-state index contributed by atoms with van der Waals surface area (Å²) in [6, 6.07) is 5.27. The Balaban J connectivity index is 2.71. The van der Waals surface area contributed by atoms with Crippen molar-refractivity contribution in [2.75, 3.05) is 5.75 Å². The summed E-state index contributed by atoms with van der Waals surface area (Å²) in [5.74, 6) is 0.816. The van der Waals surface area contributed by atoms with Crippen LogP contribution in [0.1, 0.15) is 45.7 Å². The third kappa shape index (κ3) is 4.16. The van der Waals surface area contributed by atoms with E-state index in [2.05, 4.69) is 4.40 Å². The van der Waals surface area contributed by atoms with Crippen LogP contribution in [0.5, 0.6) is 0 Å². The van der Waals surface area contributed by atoms with E-state index < -0.39 is 15.7 Å². The van der Waals surface area contributed by atoms with Gasteiger partial charge >= 0.3 is 0 Å². The standard InChI is InChI=1S/C18H23NO3S2/c1-7-23-16-10-15(20)14-9-11(2)8-13(17(14)22-16)12(3)19-24(21)18(4,5)6/h8-10H,7H2,1-6H3/t24-/m1/s1. The minimum absolute atomic E-state index is 0.0677. The van der Waals surface area contributed by atoms with Crippen LogP contribution in [0.25, 0.3) is 11.0 Å². The summed E-state index contributed by atoms with van der Waals surface area (Å²) in [6.07, 6.45) is 0. The molecule has 1 atom stereocenters. The van der Waals surface area contributed by atoms with Gasteiger partial charge in [-0.2, -0.15) is 4.40 Å². The van der Waals surface area contributed by atoms with E-state index in [1.165, 1.54) is 17.8 Å². The molecule has 0 unspecified atom stereocenters. The zero-order valence-electron chi connectivity index (χ0n) is 14.9. The van der Waals surface area contributed by atoms with Crippen LogP contribution in [0.2, 0.25) is 0 Å². The molecule has 0 aliphatic rings. The summed E-state index contributed by atoms with van der Waals surface area (Å²) in [4.78, 5) is 12.4. The van der Waals surface area contributed by atoms with E-state index in [0.717, 1.165) is 16.9 Å². The summed E-state index contributed by atoms with van der Waals surface area (Å²) in [5.41, 5.74) is 2.71. The van der Waals surface area contributed by atoms with Gasteiger partial charge in [-0.1, -0.05) is 18.7 Å². The summed E-state index contributed by atoms with van der Waals surface area (Å²) in [7, 11) is -1.37. The van der Waals surface area contributed by atoms with Gasteiger partial charge < -0.3 is 4.42 Å². The summed E-state index contributed by atoms with van der Waals surface area (Å²) < 4.78 is 22.2. The molecule has 6 heteroatoms. The fourth-order valence-corrected chi connectivity index (χ4v) is 3.41. The molecule has 0 radical (unpaired) electrons. The van der Waals surface area contributed by atoms with E-state index in [9.17, 15) is 9.00 Å². The van der Waals surface area contributed by atoms with Crippen molar-refractivity contribution in [3.8, 4) is 0 Å². The van der Waals surface area contributed by atoms with Gasteiger partial charge in [0.05, 0.1) is 15.8 Å². The van der Waals surface area contributed by atoms with Gasteiger partial charge in [-0.15, -0.1) is 0 Å². The number of nitrogens with zero attached hydrogens (tertiary/aromatic N) is 1. The average Bonchev–Trinajstić information content (AvgIpc) is 2.46. The predicted molar refractivity (Wildman–Crippen MR) is 104 cm³/mol. The maximum Gasteiger partial charge on any atom is 0.193 e. The van der Waals surface area contributed by atoms with E-state index in [-0.39, 0.29) is 5.43 Å². The lowest BCUT2D eigenvalue weighted by Crippen LogP contribution is -2.20. The van der Waals surface area contributed by atoms with Crippen LogP contribution in [0.3, 0.4) is 0 Å². The third-order valence-electron chi connectivity index (χ3n) is 3.37. The molecule has 0 fully saturated rings. The van der Waals surface area contributed by atoms with Crippen molar-refractivity contribution >= 4 is 39.4 Å². The topological polar surface area (TPSA) is 59.6 Å². The van der Waals surface area contributed by atoms with Crippen molar-refractivity contribution in [2.24, 2.45) is 4.40 Å². The number of hydrogen-bond donors (Lipinski definition) is 0. The van der Waals surface area contributed by atoms with Gasteiger partial charge in [-0.25, -0.2) is 4.21 Å². The average molecular weight is 366 g/mol. The van der Waals surface area contributed by atoms with Gasteiger partial charge in [0.2, 0.25) is 0 Å².